The number of benzene rings is 2. The van der Waals surface area contributed by atoms with E-state index in [1.807, 2.05) is 6.07 Å². The number of nitrogens with zero attached hydrogens (tertiary/aromatic N) is 2. The van der Waals surface area contributed by atoms with Gasteiger partial charge in [-0.25, -0.2) is 4.98 Å². The quantitative estimate of drug-likeness (QED) is 0.323. The lowest BCUT2D eigenvalue weighted by atomic mass is 10.0. The van der Waals surface area contributed by atoms with Crippen molar-refractivity contribution in [2.75, 3.05) is 24.2 Å². The number of thiophene rings is 1. The summed E-state index contributed by atoms with van der Waals surface area (Å²) in [6.07, 6.45) is 0.999. The minimum Gasteiger partial charge on any atom is -0.316 e. The van der Waals surface area contributed by atoms with Gasteiger partial charge in [-0.15, -0.1) is 34.4 Å². The first-order valence-corrected chi connectivity index (χ1v) is 13.4. The van der Waals surface area contributed by atoms with Gasteiger partial charge in [0, 0.05) is 28.4 Å². The number of carbonyl (C=O) groups excluding carboxylic acids is 1. The van der Waals surface area contributed by atoms with E-state index < -0.39 is 0 Å². The topological polar surface area (TPSA) is 45.2 Å². The molecule has 0 bridgehead atoms. The number of thioether (sulfide) groups is 1. The van der Waals surface area contributed by atoms with Crippen molar-refractivity contribution in [3.05, 3.63) is 64.5 Å². The molecule has 5 rings (SSSR count). The van der Waals surface area contributed by atoms with Crippen LogP contribution in [0.3, 0.4) is 0 Å². The summed E-state index contributed by atoms with van der Waals surface area (Å²) in [4.78, 5) is 22.7. The molecule has 0 radical (unpaired) electrons. The molecule has 0 aliphatic carbocycles. The van der Waals surface area contributed by atoms with E-state index in [1.165, 1.54) is 20.7 Å². The standard InChI is InChI=1S/C25H25N3OS3/c1-3-28-13-12-18-21(14-28)32-25(23(18)24-26-19-6-4-5-7-20(19)31-24)27-22(29)15-30-17-10-8-16(2)9-11-17/h4-11H,3,12-15H2,1-2H3,(H,27,29). The van der Waals surface area contributed by atoms with Crippen LogP contribution in [-0.2, 0) is 17.8 Å². The zero-order valence-corrected chi connectivity index (χ0v) is 20.6. The highest BCUT2D eigenvalue weighted by Crippen LogP contribution is 2.45. The Labute approximate surface area is 200 Å². The van der Waals surface area contributed by atoms with Crippen LogP contribution >= 0.6 is 34.4 Å². The number of rotatable bonds is 6. The number of anilines is 1. The van der Waals surface area contributed by atoms with Gasteiger partial charge in [0.2, 0.25) is 5.91 Å². The van der Waals surface area contributed by atoms with Crippen molar-refractivity contribution in [1.29, 1.82) is 0 Å². The number of carbonyl (C=O) groups is 1. The lowest BCUT2D eigenvalue weighted by Gasteiger charge is -2.25. The Bertz CT molecular complexity index is 1230. The van der Waals surface area contributed by atoms with Crippen molar-refractivity contribution in [2.45, 2.75) is 31.7 Å². The third kappa shape index (κ3) is 4.48. The summed E-state index contributed by atoms with van der Waals surface area (Å²) in [6.45, 7) is 7.32. The zero-order chi connectivity index (χ0) is 22.1. The predicted molar refractivity (Wildman–Crippen MR) is 138 cm³/mol. The first-order chi connectivity index (χ1) is 15.6. The van der Waals surface area contributed by atoms with Crippen LogP contribution in [0.5, 0.6) is 0 Å². The summed E-state index contributed by atoms with van der Waals surface area (Å²) in [7, 11) is 0. The Morgan fingerprint density at radius 2 is 1.97 bits per heavy atom. The predicted octanol–water partition coefficient (Wildman–Crippen LogP) is 6.44. The van der Waals surface area contributed by atoms with Gasteiger partial charge < -0.3 is 5.32 Å². The van der Waals surface area contributed by atoms with Crippen molar-refractivity contribution < 1.29 is 4.79 Å². The third-order valence-electron chi connectivity index (χ3n) is 5.73. The van der Waals surface area contributed by atoms with E-state index in [1.54, 1.807) is 34.4 Å². The molecule has 3 heterocycles. The van der Waals surface area contributed by atoms with Crippen LogP contribution < -0.4 is 5.32 Å². The SMILES string of the molecule is CCN1CCc2c(sc(NC(=O)CSc3ccc(C)cc3)c2-c2nc3ccccc3s2)C1. The highest BCUT2D eigenvalue weighted by atomic mass is 32.2. The van der Waals surface area contributed by atoms with Gasteiger partial charge in [0.1, 0.15) is 10.0 Å². The van der Waals surface area contributed by atoms with Crippen molar-refractivity contribution in [1.82, 2.24) is 9.88 Å². The van der Waals surface area contributed by atoms with Gasteiger partial charge in [-0.1, -0.05) is 36.8 Å². The van der Waals surface area contributed by atoms with E-state index >= 15 is 0 Å². The first-order valence-electron chi connectivity index (χ1n) is 10.8. The molecule has 2 aromatic carbocycles. The molecule has 0 atom stereocenters. The number of nitrogens with one attached hydrogen (secondary N) is 1. The summed E-state index contributed by atoms with van der Waals surface area (Å²) < 4.78 is 1.18. The van der Waals surface area contributed by atoms with Gasteiger partial charge in [0.25, 0.3) is 0 Å². The van der Waals surface area contributed by atoms with Crippen molar-refractivity contribution in [3.8, 4) is 10.6 Å². The van der Waals surface area contributed by atoms with Gasteiger partial charge >= 0.3 is 0 Å². The Balaban J connectivity index is 1.43. The summed E-state index contributed by atoms with van der Waals surface area (Å²) >= 11 is 5.01. The van der Waals surface area contributed by atoms with Crippen molar-refractivity contribution in [3.63, 3.8) is 0 Å². The number of thiazole rings is 1. The van der Waals surface area contributed by atoms with Crippen LogP contribution in [0.15, 0.2) is 53.4 Å². The number of aromatic nitrogens is 1. The summed E-state index contributed by atoms with van der Waals surface area (Å²) in [5.74, 6) is 0.426. The maximum Gasteiger partial charge on any atom is 0.235 e. The highest BCUT2D eigenvalue weighted by Gasteiger charge is 2.27. The van der Waals surface area contributed by atoms with Gasteiger partial charge in [-0.05, 0) is 49.7 Å². The van der Waals surface area contributed by atoms with Gasteiger partial charge in [0.05, 0.1) is 16.0 Å². The van der Waals surface area contributed by atoms with E-state index in [4.69, 9.17) is 4.98 Å². The Hall–Kier alpha value is -2.19. The van der Waals surface area contributed by atoms with Gasteiger partial charge in [-0.3, -0.25) is 9.69 Å². The second kappa shape index (κ2) is 9.35. The van der Waals surface area contributed by atoms with E-state index in [-0.39, 0.29) is 5.91 Å². The van der Waals surface area contributed by atoms with Crippen LogP contribution in [-0.4, -0.2) is 34.6 Å². The smallest absolute Gasteiger partial charge is 0.235 e. The second-order valence-electron chi connectivity index (χ2n) is 7.96. The number of hydrogen-bond donors (Lipinski definition) is 1. The molecule has 0 saturated carbocycles. The molecule has 0 unspecified atom stereocenters. The van der Waals surface area contributed by atoms with E-state index in [9.17, 15) is 4.79 Å². The monoisotopic (exact) mass is 479 g/mol. The molecule has 2 aromatic heterocycles. The normalized spacial score (nSPS) is 13.9. The Morgan fingerprint density at radius 3 is 2.75 bits per heavy atom. The molecule has 0 fully saturated rings. The van der Waals surface area contributed by atoms with E-state index in [0.717, 1.165) is 52.0 Å². The number of hydrogen-bond acceptors (Lipinski definition) is 6. The number of amides is 1. The fraction of sp³-hybridized carbons (Fsp3) is 0.280. The Morgan fingerprint density at radius 1 is 1.16 bits per heavy atom. The fourth-order valence-corrected chi connectivity index (χ4v) is 7.08. The molecule has 0 spiro atoms. The molecular formula is C25H25N3OS3. The molecule has 7 heteroatoms. The lowest BCUT2D eigenvalue weighted by Crippen LogP contribution is -2.29. The third-order valence-corrected chi connectivity index (χ3v) is 8.93. The second-order valence-corrected chi connectivity index (χ2v) is 11.1. The number of para-hydroxylation sites is 1. The van der Waals surface area contributed by atoms with Gasteiger partial charge in [0.15, 0.2) is 0 Å². The maximum absolute atomic E-state index is 12.9. The minimum absolute atomic E-state index is 0.0314. The molecule has 1 N–H and O–H groups in total. The largest absolute Gasteiger partial charge is 0.316 e. The molecule has 4 nitrogen and oxygen atoms in total. The maximum atomic E-state index is 12.9. The number of aryl methyl sites for hydroxylation is 1. The number of fused-ring (bicyclic) bond motifs is 2. The molecule has 164 valence electrons. The van der Waals surface area contributed by atoms with Crippen molar-refractivity contribution in [2.24, 2.45) is 0 Å². The van der Waals surface area contributed by atoms with Crippen LogP contribution in [0.4, 0.5) is 5.00 Å². The average Bonchev–Trinajstić information content (AvgIpc) is 3.38. The summed E-state index contributed by atoms with van der Waals surface area (Å²) in [5, 5.41) is 5.19. The summed E-state index contributed by atoms with van der Waals surface area (Å²) in [6, 6.07) is 16.6. The average molecular weight is 480 g/mol. The molecule has 0 saturated heterocycles. The van der Waals surface area contributed by atoms with Crippen LogP contribution in [0, 0.1) is 6.92 Å². The Kier molecular flexibility index (Phi) is 6.33. The van der Waals surface area contributed by atoms with Crippen molar-refractivity contribution >= 4 is 55.6 Å². The lowest BCUT2D eigenvalue weighted by molar-refractivity contribution is -0.113. The molecular weight excluding hydrogens is 454 g/mol. The first kappa shape index (κ1) is 21.6. The molecule has 32 heavy (non-hydrogen) atoms. The van der Waals surface area contributed by atoms with E-state index in [2.05, 4.69) is 66.5 Å². The molecule has 1 aliphatic rings. The molecule has 1 aliphatic heterocycles. The van der Waals surface area contributed by atoms with Crippen LogP contribution in [0.1, 0.15) is 22.9 Å². The highest BCUT2D eigenvalue weighted by molar-refractivity contribution is 8.00. The summed E-state index contributed by atoms with van der Waals surface area (Å²) in [5.41, 5.74) is 4.74. The van der Waals surface area contributed by atoms with Crippen LogP contribution in [0.25, 0.3) is 20.8 Å². The van der Waals surface area contributed by atoms with Crippen LogP contribution in [0.2, 0.25) is 0 Å². The zero-order valence-electron chi connectivity index (χ0n) is 18.2. The van der Waals surface area contributed by atoms with Gasteiger partial charge in [-0.2, -0.15) is 0 Å². The fourth-order valence-electron chi connectivity index (χ4n) is 3.97. The molecule has 4 aromatic rings. The number of likely N-dealkylation sites (N-methyl/N-ethyl adjacent to an activating group) is 1. The molecule has 1 amide bonds. The van der Waals surface area contributed by atoms with E-state index in [0.29, 0.717) is 5.75 Å². The minimum atomic E-state index is 0.0314.